The third kappa shape index (κ3) is 3.86. The maximum absolute atomic E-state index is 12.3. The van der Waals surface area contributed by atoms with Crippen LogP contribution in [-0.2, 0) is 11.2 Å². The maximum Gasteiger partial charge on any atom is 0.254 e. The summed E-state index contributed by atoms with van der Waals surface area (Å²) in [5.41, 5.74) is 0.916. The fourth-order valence-electron chi connectivity index (χ4n) is 2.27. The molecule has 0 saturated carbocycles. The Bertz CT molecular complexity index is 833. The van der Waals surface area contributed by atoms with Crippen LogP contribution in [0.1, 0.15) is 17.1 Å². The Morgan fingerprint density at radius 2 is 1.92 bits per heavy atom. The van der Waals surface area contributed by atoms with Crippen LogP contribution in [0.15, 0.2) is 16.9 Å². The molecule has 0 radical (unpaired) electrons. The zero-order valence-electron chi connectivity index (χ0n) is 13.8. The average Bonchev–Trinajstić information content (AvgIpc) is 2.52. The zero-order valence-corrected chi connectivity index (χ0v) is 14.6. The Morgan fingerprint density at radius 3 is 2.50 bits per heavy atom. The van der Waals surface area contributed by atoms with Crippen LogP contribution in [0.25, 0.3) is 0 Å². The SMILES string of the molecule is COc1cc(NC(=O)Cc2c(C)nc(C)[nH]c2=O)c(OC)cc1Cl. The van der Waals surface area contributed by atoms with Crippen molar-refractivity contribution in [1.29, 1.82) is 0 Å². The summed E-state index contributed by atoms with van der Waals surface area (Å²) >= 11 is 6.03. The molecule has 24 heavy (non-hydrogen) atoms. The lowest BCUT2D eigenvalue weighted by Crippen LogP contribution is -2.24. The highest BCUT2D eigenvalue weighted by Gasteiger charge is 2.15. The summed E-state index contributed by atoms with van der Waals surface area (Å²) in [4.78, 5) is 31.0. The highest BCUT2D eigenvalue weighted by atomic mass is 35.5. The standard InChI is InChI=1S/C16H18ClN3O4/c1-8-10(16(22)19-9(2)18-8)5-15(21)20-12-7-13(23-3)11(17)6-14(12)24-4/h6-7H,5H2,1-4H3,(H,20,21)(H,18,19,22). The van der Waals surface area contributed by atoms with Crippen molar-refractivity contribution in [1.82, 2.24) is 9.97 Å². The van der Waals surface area contributed by atoms with Gasteiger partial charge in [0.2, 0.25) is 5.91 Å². The first-order chi connectivity index (χ1) is 11.3. The number of methoxy groups -OCH3 is 2. The van der Waals surface area contributed by atoms with E-state index in [0.29, 0.717) is 39.3 Å². The van der Waals surface area contributed by atoms with E-state index in [1.807, 2.05) is 0 Å². The smallest absolute Gasteiger partial charge is 0.254 e. The van der Waals surface area contributed by atoms with E-state index in [1.165, 1.54) is 14.2 Å². The monoisotopic (exact) mass is 351 g/mol. The van der Waals surface area contributed by atoms with Crippen LogP contribution in [0.4, 0.5) is 5.69 Å². The lowest BCUT2D eigenvalue weighted by Gasteiger charge is -2.13. The van der Waals surface area contributed by atoms with Crippen molar-refractivity contribution >= 4 is 23.2 Å². The van der Waals surface area contributed by atoms with E-state index in [-0.39, 0.29) is 17.9 Å². The van der Waals surface area contributed by atoms with Gasteiger partial charge in [-0.3, -0.25) is 9.59 Å². The molecule has 0 atom stereocenters. The Kier molecular flexibility index (Phi) is 5.46. The van der Waals surface area contributed by atoms with Crippen molar-refractivity contribution in [3.05, 3.63) is 44.6 Å². The number of hydrogen-bond acceptors (Lipinski definition) is 5. The number of nitrogens with zero attached hydrogens (tertiary/aromatic N) is 1. The fourth-order valence-corrected chi connectivity index (χ4v) is 2.50. The van der Waals surface area contributed by atoms with Crippen LogP contribution in [0.5, 0.6) is 11.5 Å². The summed E-state index contributed by atoms with van der Waals surface area (Å²) in [7, 11) is 2.94. The van der Waals surface area contributed by atoms with Gasteiger partial charge in [0, 0.05) is 23.4 Å². The van der Waals surface area contributed by atoms with E-state index < -0.39 is 0 Å². The van der Waals surface area contributed by atoms with Crippen LogP contribution >= 0.6 is 11.6 Å². The number of anilines is 1. The third-order valence-corrected chi connectivity index (χ3v) is 3.72. The summed E-state index contributed by atoms with van der Waals surface area (Å²) in [6.45, 7) is 3.37. The van der Waals surface area contributed by atoms with Gasteiger partial charge in [-0.05, 0) is 13.8 Å². The number of amides is 1. The van der Waals surface area contributed by atoms with Gasteiger partial charge in [0.15, 0.2) is 0 Å². The molecule has 0 saturated heterocycles. The van der Waals surface area contributed by atoms with Crippen molar-refractivity contribution in [3.8, 4) is 11.5 Å². The highest BCUT2D eigenvalue weighted by Crippen LogP contribution is 2.35. The third-order valence-electron chi connectivity index (χ3n) is 3.43. The first-order valence-electron chi connectivity index (χ1n) is 7.13. The van der Waals surface area contributed by atoms with Crippen LogP contribution in [0, 0.1) is 13.8 Å². The van der Waals surface area contributed by atoms with Gasteiger partial charge >= 0.3 is 0 Å². The van der Waals surface area contributed by atoms with Gasteiger partial charge in [0.05, 0.1) is 31.4 Å². The van der Waals surface area contributed by atoms with Gasteiger partial charge in [-0.15, -0.1) is 0 Å². The Labute approximate surface area is 144 Å². The Morgan fingerprint density at radius 1 is 1.25 bits per heavy atom. The second-order valence-corrected chi connectivity index (χ2v) is 5.53. The quantitative estimate of drug-likeness (QED) is 0.861. The van der Waals surface area contributed by atoms with E-state index >= 15 is 0 Å². The van der Waals surface area contributed by atoms with Crippen molar-refractivity contribution in [2.75, 3.05) is 19.5 Å². The molecule has 0 aliphatic rings. The molecule has 0 aliphatic carbocycles. The molecule has 2 aromatic rings. The Hall–Kier alpha value is -2.54. The van der Waals surface area contributed by atoms with E-state index in [0.717, 1.165) is 0 Å². The van der Waals surface area contributed by atoms with E-state index in [4.69, 9.17) is 21.1 Å². The molecule has 0 bridgehead atoms. The minimum absolute atomic E-state index is 0.109. The van der Waals surface area contributed by atoms with Crippen molar-refractivity contribution in [2.24, 2.45) is 0 Å². The molecule has 1 aromatic heterocycles. The molecule has 2 N–H and O–H groups in total. The molecule has 2 rings (SSSR count). The molecule has 0 fully saturated rings. The minimum Gasteiger partial charge on any atom is -0.495 e. The van der Waals surface area contributed by atoms with Gasteiger partial charge in [0.1, 0.15) is 17.3 Å². The number of carbonyl (C=O) groups is 1. The number of ether oxygens (including phenoxy) is 2. The summed E-state index contributed by atoms with van der Waals surface area (Å²) in [5, 5.41) is 3.06. The number of rotatable bonds is 5. The van der Waals surface area contributed by atoms with Crippen molar-refractivity contribution in [3.63, 3.8) is 0 Å². The van der Waals surface area contributed by atoms with E-state index in [2.05, 4.69) is 15.3 Å². The number of carbonyl (C=O) groups excluding carboxylic acids is 1. The predicted molar refractivity (Wildman–Crippen MR) is 91.2 cm³/mol. The summed E-state index contributed by atoms with van der Waals surface area (Å²) in [5.74, 6) is 0.920. The predicted octanol–water partition coefficient (Wildman–Crippen LogP) is 2.24. The second-order valence-electron chi connectivity index (χ2n) is 5.13. The van der Waals surface area contributed by atoms with E-state index in [1.54, 1.807) is 26.0 Å². The normalized spacial score (nSPS) is 10.4. The molecule has 1 heterocycles. The van der Waals surface area contributed by atoms with Crippen LogP contribution < -0.4 is 20.3 Å². The van der Waals surface area contributed by atoms with Crippen LogP contribution in [-0.4, -0.2) is 30.1 Å². The summed E-state index contributed by atoms with van der Waals surface area (Å²) in [6, 6.07) is 3.10. The van der Waals surface area contributed by atoms with E-state index in [9.17, 15) is 9.59 Å². The Balaban J connectivity index is 2.26. The van der Waals surface area contributed by atoms with Crippen LogP contribution in [0.3, 0.4) is 0 Å². The summed E-state index contributed by atoms with van der Waals surface area (Å²) in [6.07, 6.45) is -0.109. The lowest BCUT2D eigenvalue weighted by molar-refractivity contribution is -0.115. The summed E-state index contributed by atoms with van der Waals surface area (Å²) < 4.78 is 10.3. The first-order valence-corrected chi connectivity index (χ1v) is 7.51. The minimum atomic E-state index is -0.378. The molecule has 1 aromatic carbocycles. The molecule has 0 spiro atoms. The second kappa shape index (κ2) is 7.35. The molecule has 0 unspecified atom stereocenters. The number of nitrogens with one attached hydrogen (secondary N) is 2. The molecule has 7 nitrogen and oxygen atoms in total. The average molecular weight is 352 g/mol. The highest BCUT2D eigenvalue weighted by molar-refractivity contribution is 6.32. The fraction of sp³-hybridized carbons (Fsp3) is 0.312. The number of aromatic nitrogens is 2. The zero-order chi connectivity index (χ0) is 17.9. The first kappa shape index (κ1) is 17.8. The van der Waals surface area contributed by atoms with Gasteiger partial charge < -0.3 is 19.8 Å². The molecule has 128 valence electrons. The topological polar surface area (TPSA) is 93.3 Å². The number of hydrogen-bond donors (Lipinski definition) is 2. The number of aryl methyl sites for hydroxylation is 2. The van der Waals surface area contributed by atoms with Gasteiger partial charge in [-0.1, -0.05) is 11.6 Å². The van der Waals surface area contributed by atoms with Crippen molar-refractivity contribution in [2.45, 2.75) is 20.3 Å². The van der Waals surface area contributed by atoms with Gasteiger partial charge in [0.25, 0.3) is 5.56 Å². The number of benzene rings is 1. The maximum atomic E-state index is 12.3. The molecular weight excluding hydrogens is 334 g/mol. The molecule has 0 aliphatic heterocycles. The van der Waals surface area contributed by atoms with Crippen LogP contribution in [0.2, 0.25) is 5.02 Å². The van der Waals surface area contributed by atoms with Gasteiger partial charge in [-0.25, -0.2) is 4.98 Å². The molecular formula is C16H18ClN3O4. The number of aromatic amines is 1. The van der Waals surface area contributed by atoms with Gasteiger partial charge in [-0.2, -0.15) is 0 Å². The number of halogens is 1. The largest absolute Gasteiger partial charge is 0.495 e. The molecule has 8 heteroatoms. The van der Waals surface area contributed by atoms with Crippen molar-refractivity contribution < 1.29 is 14.3 Å². The lowest BCUT2D eigenvalue weighted by atomic mass is 10.1. The number of H-pyrrole nitrogens is 1. The molecule has 1 amide bonds.